The van der Waals surface area contributed by atoms with Crippen molar-refractivity contribution in [3.8, 4) is 22.5 Å². The number of carbonyl (C=O) groups is 5. The summed E-state index contributed by atoms with van der Waals surface area (Å²) in [6.07, 6.45) is 10.9. The molecule has 2 fully saturated rings. The second kappa shape index (κ2) is 22.0. The largest absolute Gasteiger partial charge is 0.483 e. The molecular weight excluding hydrogens is 913 g/mol. The van der Waals surface area contributed by atoms with Crippen molar-refractivity contribution >= 4 is 83.1 Å². The molecule has 18 heteroatoms. The van der Waals surface area contributed by atoms with E-state index in [1.807, 2.05) is 73.1 Å². The van der Waals surface area contributed by atoms with Crippen LogP contribution in [0.5, 0.6) is 0 Å². The number of aromatic nitrogens is 4. The Morgan fingerprint density at radius 3 is 1.33 bits per heavy atom. The second-order valence-corrected chi connectivity index (χ2v) is 19.2. The SMILES string of the molecule is CNC(=O)c1ccc(-c2cn3c(n2)sc2cc(C(=O)NCCC4CCCN4C)ccc23)cc1.CNC(=O)c1ccc(-c2cn3c(n2)sc2cc(C(=O)NCCC4CCCN4C)ccc23)cc1.O=CO. The van der Waals surface area contributed by atoms with Crippen LogP contribution < -0.4 is 21.3 Å². The maximum atomic E-state index is 12.7. The molecule has 358 valence electrons. The molecule has 10 rings (SSSR count). The van der Waals surface area contributed by atoms with Gasteiger partial charge in [0.25, 0.3) is 30.1 Å². The van der Waals surface area contributed by atoms with Crippen LogP contribution in [0.25, 0.3) is 52.9 Å². The predicted octanol–water partition coefficient (Wildman–Crippen LogP) is 7.28. The van der Waals surface area contributed by atoms with Gasteiger partial charge in [0.05, 0.1) is 31.8 Å². The van der Waals surface area contributed by atoms with Crippen LogP contribution in [0.4, 0.5) is 0 Å². The standard InChI is InChI=1S/2C25H27N5O2S.CH2O2/c2*1-26-23(31)17-7-5-16(6-8-17)20-15-30-21-10-9-18(14-22(21)33-25(30)28-20)24(32)27-12-11-19-4-3-13-29(19)2;2-1-3/h2*5-10,14-15,19H,3-4,11-13H2,1-2H3,(H,26,31)(H,27,32);1H,(H,2,3). The summed E-state index contributed by atoms with van der Waals surface area (Å²) in [6, 6.07) is 27.6. The maximum absolute atomic E-state index is 12.7. The van der Waals surface area contributed by atoms with E-state index in [-0.39, 0.29) is 30.1 Å². The van der Waals surface area contributed by atoms with E-state index in [0.29, 0.717) is 47.4 Å². The Bertz CT molecular complexity index is 2910. The highest BCUT2D eigenvalue weighted by Gasteiger charge is 2.22. The summed E-state index contributed by atoms with van der Waals surface area (Å²) in [6.45, 7) is 3.44. The van der Waals surface area contributed by atoms with E-state index in [1.165, 1.54) is 25.7 Å². The van der Waals surface area contributed by atoms with Gasteiger partial charge in [0.2, 0.25) is 0 Å². The zero-order valence-electron chi connectivity index (χ0n) is 39.0. The highest BCUT2D eigenvalue weighted by atomic mass is 32.1. The fraction of sp³-hybridized carbons (Fsp3) is 0.314. The number of hydrogen-bond acceptors (Lipinski definition) is 11. The molecule has 0 spiro atoms. The number of carboxylic acid groups (broad SMARTS) is 1. The third kappa shape index (κ3) is 11.0. The van der Waals surface area contributed by atoms with E-state index in [4.69, 9.17) is 19.9 Å². The van der Waals surface area contributed by atoms with Crippen LogP contribution in [-0.2, 0) is 4.79 Å². The lowest BCUT2D eigenvalue weighted by atomic mass is 10.1. The Labute approximate surface area is 407 Å². The number of imidazole rings is 2. The number of fused-ring (bicyclic) bond motifs is 6. The molecule has 0 aliphatic carbocycles. The minimum absolute atomic E-state index is 0.0273. The van der Waals surface area contributed by atoms with E-state index in [9.17, 15) is 19.2 Å². The molecule has 2 aliphatic rings. The van der Waals surface area contributed by atoms with Crippen molar-refractivity contribution in [2.75, 3.05) is 54.4 Å². The lowest BCUT2D eigenvalue weighted by Crippen LogP contribution is -2.31. The number of likely N-dealkylation sites (tertiary alicyclic amines) is 2. The number of carbonyl (C=O) groups excluding carboxylic acids is 4. The summed E-state index contributed by atoms with van der Waals surface area (Å²) >= 11 is 3.13. The molecule has 2 atom stereocenters. The minimum Gasteiger partial charge on any atom is -0.483 e. The van der Waals surface area contributed by atoms with Crippen molar-refractivity contribution in [3.05, 3.63) is 120 Å². The van der Waals surface area contributed by atoms with Crippen molar-refractivity contribution in [1.29, 1.82) is 0 Å². The Hall–Kier alpha value is -6.99. The van der Waals surface area contributed by atoms with Gasteiger partial charge in [-0.25, -0.2) is 9.97 Å². The van der Waals surface area contributed by atoms with Gasteiger partial charge in [-0.2, -0.15) is 0 Å². The number of nitrogens with zero attached hydrogens (tertiary/aromatic N) is 6. The third-order valence-corrected chi connectivity index (χ3v) is 15.0. The lowest BCUT2D eigenvalue weighted by molar-refractivity contribution is -0.122. The van der Waals surface area contributed by atoms with Gasteiger partial charge in [-0.1, -0.05) is 46.9 Å². The van der Waals surface area contributed by atoms with Crippen molar-refractivity contribution < 1.29 is 29.1 Å². The first-order valence-electron chi connectivity index (χ1n) is 23.0. The smallest absolute Gasteiger partial charge is 0.290 e. The number of amides is 4. The van der Waals surface area contributed by atoms with Crippen LogP contribution in [0.2, 0.25) is 0 Å². The van der Waals surface area contributed by atoms with E-state index in [0.717, 1.165) is 78.8 Å². The molecule has 4 amide bonds. The van der Waals surface area contributed by atoms with Crippen LogP contribution in [0.1, 0.15) is 80.0 Å². The third-order valence-electron chi connectivity index (χ3n) is 12.9. The predicted molar refractivity (Wildman–Crippen MR) is 273 cm³/mol. The highest BCUT2D eigenvalue weighted by Crippen LogP contribution is 2.32. The number of nitrogens with one attached hydrogen (secondary N) is 4. The highest BCUT2D eigenvalue weighted by molar-refractivity contribution is 7.24. The molecule has 6 heterocycles. The summed E-state index contributed by atoms with van der Waals surface area (Å²) in [4.78, 5) is 73.2. The normalized spacial score (nSPS) is 15.9. The first-order chi connectivity index (χ1) is 33.5. The maximum Gasteiger partial charge on any atom is 0.290 e. The Balaban J connectivity index is 0.000000176. The van der Waals surface area contributed by atoms with Gasteiger partial charge < -0.3 is 36.2 Å². The Kier molecular flexibility index (Phi) is 15.4. The summed E-state index contributed by atoms with van der Waals surface area (Å²) < 4.78 is 6.17. The Morgan fingerprint density at radius 1 is 0.609 bits per heavy atom. The number of thiazole rings is 2. The molecule has 8 aromatic rings. The molecule has 0 radical (unpaired) electrons. The fourth-order valence-electron chi connectivity index (χ4n) is 9.03. The van der Waals surface area contributed by atoms with Crippen LogP contribution in [0, 0.1) is 0 Å². The molecule has 0 bridgehead atoms. The molecule has 69 heavy (non-hydrogen) atoms. The second-order valence-electron chi connectivity index (χ2n) is 17.2. The zero-order chi connectivity index (χ0) is 48.6. The average Bonchev–Trinajstić information content (AvgIpc) is 4.24. The van der Waals surface area contributed by atoms with E-state index >= 15 is 0 Å². The molecule has 5 N–H and O–H groups in total. The number of hydrogen-bond donors (Lipinski definition) is 5. The molecule has 0 saturated carbocycles. The van der Waals surface area contributed by atoms with E-state index < -0.39 is 0 Å². The van der Waals surface area contributed by atoms with Crippen LogP contribution in [0.15, 0.2) is 97.3 Å². The zero-order valence-corrected chi connectivity index (χ0v) is 40.7. The van der Waals surface area contributed by atoms with Gasteiger partial charge in [0.1, 0.15) is 0 Å². The first-order valence-corrected chi connectivity index (χ1v) is 24.6. The van der Waals surface area contributed by atoms with Crippen molar-refractivity contribution in [2.24, 2.45) is 0 Å². The van der Waals surface area contributed by atoms with Gasteiger partial charge in [0, 0.05) is 85.0 Å². The summed E-state index contributed by atoms with van der Waals surface area (Å²) in [5.74, 6) is -0.269. The van der Waals surface area contributed by atoms with Crippen molar-refractivity contribution in [2.45, 2.75) is 50.6 Å². The monoisotopic (exact) mass is 968 g/mol. The number of benzene rings is 4. The molecule has 2 aliphatic heterocycles. The summed E-state index contributed by atoms with van der Waals surface area (Å²) in [5, 5.41) is 18.3. The van der Waals surface area contributed by atoms with E-state index in [1.54, 1.807) is 61.0 Å². The molecule has 4 aromatic heterocycles. The van der Waals surface area contributed by atoms with Crippen molar-refractivity contribution in [3.63, 3.8) is 0 Å². The Morgan fingerprint density at radius 2 is 0.986 bits per heavy atom. The van der Waals surface area contributed by atoms with Crippen LogP contribution in [0.3, 0.4) is 0 Å². The molecular formula is C51H56N10O6S2. The molecule has 4 aromatic carbocycles. The van der Waals surface area contributed by atoms with Gasteiger partial charge >= 0.3 is 0 Å². The summed E-state index contributed by atoms with van der Waals surface area (Å²) in [5.41, 5.74) is 8.26. The lowest BCUT2D eigenvalue weighted by Gasteiger charge is -2.19. The number of rotatable bonds is 12. The average molecular weight is 969 g/mol. The van der Waals surface area contributed by atoms with Gasteiger partial charge in [0.15, 0.2) is 9.92 Å². The molecule has 2 saturated heterocycles. The quantitative estimate of drug-likeness (QED) is 0.0777. The van der Waals surface area contributed by atoms with Crippen molar-refractivity contribution in [1.82, 2.24) is 49.8 Å². The topological polar surface area (TPSA) is 195 Å². The fourth-order valence-corrected chi connectivity index (χ4v) is 11.1. The van der Waals surface area contributed by atoms with Crippen LogP contribution in [-0.4, -0.2) is 130 Å². The molecule has 2 unspecified atom stereocenters. The summed E-state index contributed by atoms with van der Waals surface area (Å²) in [7, 11) is 7.56. The van der Waals surface area contributed by atoms with Gasteiger partial charge in [-0.05, 0) is 126 Å². The van der Waals surface area contributed by atoms with Gasteiger partial charge in [-0.3, -0.25) is 32.8 Å². The van der Waals surface area contributed by atoms with E-state index in [2.05, 4.69) is 54.0 Å². The van der Waals surface area contributed by atoms with Gasteiger partial charge in [-0.15, -0.1) is 0 Å². The molecule has 16 nitrogen and oxygen atoms in total. The minimum atomic E-state index is -0.250. The first kappa shape index (κ1) is 48.5. The van der Waals surface area contributed by atoms with Crippen LogP contribution >= 0.6 is 22.7 Å².